The number of furan rings is 1. The first kappa shape index (κ1) is 32.4. The molecule has 268 valence electrons. The fraction of sp³-hybridized carbons (Fsp3) is 0.100. The Hall–Kier alpha value is -7.05. The first-order valence-corrected chi connectivity index (χ1v) is 19.4. The molecule has 1 aliphatic rings. The van der Waals surface area contributed by atoms with Crippen LogP contribution in [0.25, 0.3) is 106 Å². The highest BCUT2D eigenvalue weighted by Gasteiger charge is 2.25. The zero-order valence-corrected chi connectivity index (χ0v) is 31.0. The minimum atomic E-state index is 0.648. The van der Waals surface area contributed by atoms with E-state index in [0.29, 0.717) is 11.5 Å². The molecule has 10 aromatic rings. The number of hydrogen-bond donors (Lipinski definition) is 0. The normalized spacial score (nSPS) is 13.0. The largest absolute Gasteiger partial charge is 0.452 e. The molecule has 0 amide bonds. The Morgan fingerprint density at radius 2 is 1.54 bits per heavy atom. The average Bonchev–Trinajstić information content (AvgIpc) is 3.93. The second-order valence-electron chi connectivity index (χ2n) is 14.6. The Morgan fingerprint density at radius 3 is 2.38 bits per heavy atom. The minimum Gasteiger partial charge on any atom is -0.452 e. The number of hydrogen-bond acceptors (Lipinski definition) is 4. The van der Waals surface area contributed by atoms with Crippen molar-refractivity contribution in [3.05, 3.63) is 157 Å². The van der Waals surface area contributed by atoms with Gasteiger partial charge in [-0.25, -0.2) is 15.0 Å². The highest BCUT2D eigenvalue weighted by atomic mass is 16.3. The van der Waals surface area contributed by atoms with Gasteiger partial charge in [-0.3, -0.25) is 9.13 Å². The van der Waals surface area contributed by atoms with Crippen LogP contribution >= 0.6 is 0 Å². The fourth-order valence-electron chi connectivity index (χ4n) is 8.74. The van der Waals surface area contributed by atoms with E-state index in [4.69, 9.17) is 19.4 Å². The summed E-state index contributed by atoms with van der Waals surface area (Å²) in [5.74, 6) is 1.56. The lowest BCUT2D eigenvalue weighted by Crippen LogP contribution is -2.08. The Bertz CT molecular complexity index is 3270. The van der Waals surface area contributed by atoms with Crippen LogP contribution in [0.5, 0.6) is 0 Å². The van der Waals surface area contributed by atoms with E-state index in [1.54, 1.807) is 0 Å². The lowest BCUT2D eigenvalue weighted by molar-refractivity contribution is 0.666. The van der Waals surface area contributed by atoms with Gasteiger partial charge < -0.3 is 4.42 Å². The molecule has 0 spiro atoms. The van der Waals surface area contributed by atoms with Gasteiger partial charge in [0.15, 0.2) is 5.58 Å². The standard InChI is InChI=1S/C50H37N5O/c1-3-4-7-16-31(2)54-43-29-34-25-26-37-35(40(34)30-41(43)51-49(54)33-19-10-6-11-20-33)27-28-38-36-21-12-14-23-42(36)55(47(37)38)50-52-45(32-17-8-5-9-18-32)48-46(53-50)39-22-13-15-24-44(39)56-48/h3-6,8-13,15,17-22,24-30H,2,7,14,16,23H2,1H3/b4-3-. The van der Waals surface area contributed by atoms with Crippen LogP contribution < -0.4 is 0 Å². The monoisotopic (exact) mass is 723 g/mol. The smallest absolute Gasteiger partial charge is 0.235 e. The first-order chi connectivity index (χ1) is 27.7. The number of allylic oxidation sites excluding steroid dienone is 4. The molecule has 0 unspecified atom stereocenters. The van der Waals surface area contributed by atoms with Gasteiger partial charge in [-0.1, -0.05) is 128 Å². The third kappa shape index (κ3) is 4.92. The molecule has 11 rings (SSSR count). The van der Waals surface area contributed by atoms with Crippen molar-refractivity contribution in [2.24, 2.45) is 0 Å². The van der Waals surface area contributed by atoms with Gasteiger partial charge in [-0.15, -0.1) is 0 Å². The van der Waals surface area contributed by atoms with Crippen LogP contribution in [-0.4, -0.2) is 24.1 Å². The lowest BCUT2D eigenvalue weighted by atomic mass is 9.97. The Labute approximate surface area is 323 Å². The number of imidazole rings is 1. The van der Waals surface area contributed by atoms with E-state index in [1.807, 2.05) is 42.5 Å². The quantitative estimate of drug-likeness (QED) is 0.121. The fourth-order valence-corrected chi connectivity index (χ4v) is 8.74. The molecule has 6 heteroatoms. The SMILES string of the molecule is C=C(CC/C=C\C)n1c(-c2ccccc2)nc2cc3c(ccc4c3ccc3c5c(n(-c6nc(-c7ccccc7)c7oc8ccccc8c7n6)c34)CCC=C5)cc21. The van der Waals surface area contributed by atoms with Gasteiger partial charge in [0.25, 0.3) is 0 Å². The molecule has 56 heavy (non-hydrogen) atoms. The van der Waals surface area contributed by atoms with Gasteiger partial charge >= 0.3 is 0 Å². The Morgan fingerprint density at radius 1 is 0.768 bits per heavy atom. The minimum absolute atomic E-state index is 0.648. The van der Waals surface area contributed by atoms with Crippen molar-refractivity contribution < 1.29 is 4.42 Å². The second kappa shape index (κ2) is 12.8. The van der Waals surface area contributed by atoms with Gasteiger partial charge in [-0.2, -0.15) is 0 Å². The van der Waals surface area contributed by atoms with Crippen molar-refractivity contribution in [2.75, 3.05) is 0 Å². The van der Waals surface area contributed by atoms with Gasteiger partial charge in [0.1, 0.15) is 22.6 Å². The molecule has 1 aliphatic carbocycles. The highest BCUT2D eigenvalue weighted by Crippen LogP contribution is 2.42. The van der Waals surface area contributed by atoms with E-state index >= 15 is 0 Å². The summed E-state index contributed by atoms with van der Waals surface area (Å²) >= 11 is 0. The van der Waals surface area contributed by atoms with Crippen LogP contribution in [0, 0.1) is 0 Å². The topological polar surface area (TPSA) is 61.7 Å². The number of benzene rings is 6. The highest BCUT2D eigenvalue weighted by molar-refractivity contribution is 6.20. The molecule has 0 saturated carbocycles. The van der Waals surface area contributed by atoms with Crippen LogP contribution in [0.4, 0.5) is 0 Å². The summed E-state index contributed by atoms with van der Waals surface area (Å²) in [5.41, 5.74) is 11.8. The summed E-state index contributed by atoms with van der Waals surface area (Å²) in [6.07, 6.45) is 12.5. The molecular formula is C50H37N5O. The third-order valence-electron chi connectivity index (χ3n) is 11.3. The van der Waals surface area contributed by atoms with E-state index in [0.717, 1.165) is 109 Å². The van der Waals surface area contributed by atoms with Gasteiger partial charge in [0.05, 0.1) is 16.6 Å². The molecule has 0 N–H and O–H groups in total. The molecule has 0 radical (unpaired) electrons. The second-order valence-corrected chi connectivity index (χ2v) is 14.6. The summed E-state index contributed by atoms with van der Waals surface area (Å²) in [5, 5.41) is 6.80. The Balaban J connectivity index is 1.19. The number of aromatic nitrogens is 5. The first-order valence-electron chi connectivity index (χ1n) is 19.4. The molecule has 0 bridgehead atoms. The summed E-state index contributed by atoms with van der Waals surface area (Å²) in [7, 11) is 0. The third-order valence-corrected chi connectivity index (χ3v) is 11.3. The van der Waals surface area contributed by atoms with Gasteiger partial charge in [0, 0.05) is 44.2 Å². The number of rotatable bonds is 7. The van der Waals surface area contributed by atoms with Crippen molar-refractivity contribution in [2.45, 2.75) is 32.6 Å². The van der Waals surface area contributed by atoms with Crippen molar-refractivity contribution in [3.8, 4) is 28.6 Å². The van der Waals surface area contributed by atoms with Crippen LogP contribution in [0.2, 0.25) is 0 Å². The average molecular weight is 724 g/mol. The van der Waals surface area contributed by atoms with E-state index in [1.165, 1.54) is 16.6 Å². The van der Waals surface area contributed by atoms with E-state index in [2.05, 4.69) is 126 Å². The number of nitrogens with zero attached hydrogens (tertiary/aromatic N) is 5. The molecule has 4 heterocycles. The lowest BCUT2D eigenvalue weighted by Gasteiger charge is -2.14. The molecule has 0 saturated heterocycles. The zero-order valence-electron chi connectivity index (χ0n) is 31.0. The summed E-state index contributed by atoms with van der Waals surface area (Å²) in [6.45, 7) is 6.62. The van der Waals surface area contributed by atoms with E-state index < -0.39 is 0 Å². The van der Waals surface area contributed by atoms with Crippen molar-refractivity contribution >= 4 is 77.3 Å². The maximum atomic E-state index is 6.48. The number of fused-ring (bicyclic) bond motifs is 11. The molecule has 6 nitrogen and oxygen atoms in total. The Kier molecular flexibility index (Phi) is 7.39. The van der Waals surface area contributed by atoms with Gasteiger partial charge in [0.2, 0.25) is 5.95 Å². The van der Waals surface area contributed by atoms with Crippen molar-refractivity contribution in [1.82, 2.24) is 24.1 Å². The maximum absolute atomic E-state index is 6.48. The molecule has 0 atom stereocenters. The van der Waals surface area contributed by atoms with E-state index in [-0.39, 0.29) is 0 Å². The zero-order chi connectivity index (χ0) is 37.3. The molecular weight excluding hydrogens is 687 g/mol. The summed E-state index contributed by atoms with van der Waals surface area (Å²) in [6, 6.07) is 42.5. The maximum Gasteiger partial charge on any atom is 0.235 e. The van der Waals surface area contributed by atoms with Crippen LogP contribution in [0.3, 0.4) is 0 Å². The predicted molar refractivity (Wildman–Crippen MR) is 232 cm³/mol. The summed E-state index contributed by atoms with van der Waals surface area (Å²) < 4.78 is 11.1. The van der Waals surface area contributed by atoms with Crippen molar-refractivity contribution in [3.63, 3.8) is 0 Å². The van der Waals surface area contributed by atoms with Crippen LogP contribution in [0.1, 0.15) is 37.4 Å². The molecule has 0 fully saturated rings. The van der Waals surface area contributed by atoms with Crippen LogP contribution in [-0.2, 0) is 6.42 Å². The van der Waals surface area contributed by atoms with E-state index in [9.17, 15) is 0 Å². The predicted octanol–water partition coefficient (Wildman–Crippen LogP) is 13.1. The summed E-state index contributed by atoms with van der Waals surface area (Å²) in [4.78, 5) is 16.0. The van der Waals surface area contributed by atoms with Crippen LogP contribution in [0.15, 0.2) is 151 Å². The van der Waals surface area contributed by atoms with Gasteiger partial charge in [-0.05, 0) is 73.0 Å². The molecule has 4 aromatic heterocycles. The molecule has 0 aliphatic heterocycles. The number of para-hydroxylation sites is 1. The molecule has 6 aromatic carbocycles. The van der Waals surface area contributed by atoms with Crippen molar-refractivity contribution in [1.29, 1.82) is 0 Å².